The molecule has 2 aliphatic heterocycles. The third-order valence-corrected chi connectivity index (χ3v) is 7.74. The van der Waals surface area contributed by atoms with Crippen molar-refractivity contribution >= 4 is 28.5 Å². The van der Waals surface area contributed by atoms with Crippen molar-refractivity contribution in [3.8, 4) is 11.4 Å². The van der Waals surface area contributed by atoms with Crippen LogP contribution in [0.5, 0.6) is 0 Å². The third-order valence-electron chi connectivity index (χ3n) is 7.33. The number of nitrogens with zero attached hydrogens (tertiary/aromatic N) is 2. The number of aromatic nitrogens is 2. The molecule has 0 radical (unpaired) electrons. The molecule has 0 fully saturated rings. The van der Waals surface area contributed by atoms with Crippen molar-refractivity contribution in [2.45, 2.75) is 57.8 Å². The highest BCUT2D eigenvalue weighted by Crippen LogP contribution is 2.47. The van der Waals surface area contributed by atoms with Gasteiger partial charge in [-0.25, -0.2) is 14.2 Å². The lowest BCUT2D eigenvalue weighted by molar-refractivity contribution is -0.172. The van der Waals surface area contributed by atoms with Gasteiger partial charge in [-0.05, 0) is 42.4 Å². The van der Waals surface area contributed by atoms with Crippen LogP contribution < -0.4 is 5.56 Å². The molecule has 6 nitrogen and oxygen atoms in total. The number of benzene rings is 1. The number of carbonyl (C=O) groups excluding carboxylic acids is 1. The first kappa shape index (κ1) is 19.9. The number of aliphatic hydroxyl groups is 1. The first-order valence-corrected chi connectivity index (χ1v) is 11.1. The zero-order valence-electron chi connectivity index (χ0n) is 17.6. The van der Waals surface area contributed by atoms with Gasteiger partial charge < -0.3 is 14.4 Å². The number of hydrogen-bond donors (Lipinski definition) is 1. The Bertz CT molecular complexity index is 1450. The number of carbonyl (C=O) groups is 1. The number of fused-ring (bicyclic) bond motifs is 5. The monoisotopic (exact) mass is 454 g/mol. The summed E-state index contributed by atoms with van der Waals surface area (Å²) in [5.41, 5.74) is 2.73. The normalized spacial score (nSPS) is 23.0. The summed E-state index contributed by atoms with van der Waals surface area (Å²) in [5.74, 6) is -1.07. The molecule has 164 valence electrons. The van der Waals surface area contributed by atoms with Crippen molar-refractivity contribution in [3.05, 3.63) is 61.1 Å². The minimum absolute atomic E-state index is 0.0785. The first-order chi connectivity index (χ1) is 15.3. The van der Waals surface area contributed by atoms with Crippen molar-refractivity contribution < 1.29 is 19.0 Å². The molecule has 8 heteroatoms. The van der Waals surface area contributed by atoms with Gasteiger partial charge in [-0.1, -0.05) is 25.4 Å². The van der Waals surface area contributed by atoms with Crippen LogP contribution in [0.2, 0.25) is 5.02 Å². The van der Waals surface area contributed by atoms with Crippen LogP contribution in [0.1, 0.15) is 60.4 Å². The number of ether oxygens (including phenoxy) is 1. The Morgan fingerprint density at radius 1 is 1.31 bits per heavy atom. The maximum absolute atomic E-state index is 14.6. The van der Waals surface area contributed by atoms with Gasteiger partial charge in [-0.2, -0.15) is 0 Å². The van der Waals surface area contributed by atoms with Crippen molar-refractivity contribution in [1.82, 2.24) is 9.55 Å². The molecule has 6 rings (SSSR count). The summed E-state index contributed by atoms with van der Waals surface area (Å²) in [6.07, 6.45) is 1.57. The molecule has 2 atom stereocenters. The maximum atomic E-state index is 14.6. The van der Waals surface area contributed by atoms with Gasteiger partial charge in [0, 0.05) is 22.6 Å². The number of aryl methyl sites for hydroxylation is 1. The Morgan fingerprint density at radius 3 is 2.84 bits per heavy atom. The topological polar surface area (TPSA) is 81.4 Å². The fraction of sp³-hybridized carbons (Fsp3) is 0.375. The molecule has 1 aliphatic carbocycles. The molecule has 3 aliphatic rings. The van der Waals surface area contributed by atoms with E-state index in [0.29, 0.717) is 29.9 Å². The van der Waals surface area contributed by atoms with Crippen LogP contribution in [-0.2, 0) is 34.7 Å². The molecule has 0 amide bonds. The predicted octanol–water partition coefficient (Wildman–Crippen LogP) is 3.92. The summed E-state index contributed by atoms with van der Waals surface area (Å²) >= 11 is 6.31. The highest BCUT2D eigenvalue weighted by molar-refractivity contribution is 6.32. The molecule has 1 N–H and O–H groups in total. The number of halogens is 2. The second-order valence-electron chi connectivity index (χ2n) is 8.94. The number of cyclic esters (lactones) is 1. The quantitative estimate of drug-likeness (QED) is 0.441. The largest absolute Gasteiger partial charge is 0.458 e. The molecule has 1 aromatic carbocycles. The molecule has 32 heavy (non-hydrogen) atoms. The number of pyridine rings is 2. The molecule has 2 aromatic heterocycles. The van der Waals surface area contributed by atoms with Gasteiger partial charge in [0.1, 0.15) is 12.4 Å². The van der Waals surface area contributed by atoms with Crippen LogP contribution >= 0.6 is 11.6 Å². The summed E-state index contributed by atoms with van der Waals surface area (Å²) in [6.45, 7) is 3.94. The summed E-state index contributed by atoms with van der Waals surface area (Å²) in [7, 11) is 0. The molecule has 0 saturated carbocycles. The summed E-state index contributed by atoms with van der Waals surface area (Å²) < 4.78 is 21.3. The van der Waals surface area contributed by atoms with Crippen molar-refractivity contribution in [2.24, 2.45) is 0 Å². The molecular formula is C24H20ClFN2O4. The molecule has 0 bridgehead atoms. The lowest BCUT2D eigenvalue weighted by Gasteiger charge is -2.31. The molecule has 3 aromatic rings. The lowest BCUT2D eigenvalue weighted by Crippen LogP contribution is -2.44. The predicted molar refractivity (Wildman–Crippen MR) is 116 cm³/mol. The Hall–Kier alpha value is -2.77. The van der Waals surface area contributed by atoms with E-state index in [-0.39, 0.29) is 40.7 Å². The van der Waals surface area contributed by atoms with Crippen molar-refractivity contribution in [3.63, 3.8) is 0 Å². The summed E-state index contributed by atoms with van der Waals surface area (Å²) in [6, 6.07) is 3.03. The Labute approximate surface area is 187 Å². The van der Waals surface area contributed by atoms with E-state index < -0.39 is 17.4 Å². The van der Waals surface area contributed by atoms with E-state index in [4.69, 9.17) is 21.3 Å². The average Bonchev–Trinajstić information content (AvgIpc) is 3.14. The fourth-order valence-electron chi connectivity index (χ4n) is 5.59. The number of esters is 1. The van der Waals surface area contributed by atoms with E-state index in [1.807, 2.05) is 0 Å². The Balaban J connectivity index is 1.70. The van der Waals surface area contributed by atoms with Crippen LogP contribution in [0.4, 0.5) is 4.39 Å². The lowest BCUT2D eigenvalue weighted by atomic mass is 9.80. The van der Waals surface area contributed by atoms with E-state index in [2.05, 4.69) is 6.92 Å². The third kappa shape index (κ3) is 2.30. The van der Waals surface area contributed by atoms with E-state index in [0.717, 1.165) is 28.5 Å². The summed E-state index contributed by atoms with van der Waals surface area (Å²) in [4.78, 5) is 30.5. The van der Waals surface area contributed by atoms with Crippen LogP contribution in [0.25, 0.3) is 22.3 Å². The van der Waals surface area contributed by atoms with E-state index in [1.165, 1.54) is 6.07 Å². The molecule has 0 saturated heterocycles. The molecular weight excluding hydrogens is 435 g/mol. The molecule has 0 unspecified atom stereocenters. The smallest absolute Gasteiger partial charge is 0.343 e. The number of rotatable bonds is 1. The molecule has 4 heterocycles. The van der Waals surface area contributed by atoms with Gasteiger partial charge in [0.25, 0.3) is 5.56 Å². The number of hydrogen-bond acceptors (Lipinski definition) is 5. The van der Waals surface area contributed by atoms with Crippen LogP contribution in [0.3, 0.4) is 0 Å². The Kier molecular flexibility index (Phi) is 3.97. The maximum Gasteiger partial charge on any atom is 0.343 e. The van der Waals surface area contributed by atoms with Gasteiger partial charge in [0.05, 0.1) is 34.0 Å². The van der Waals surface area contributed by atoms with Crippen LogP contribution in [0, 0.1) is 5.82 Å². The molecule has 0 spiro atoms. The van der Waals surface area contributed by atoms with Gasteiger partial charge >= 0.3 is 5.97 Å². The second-order valence-corrected chi connectivity index (χ2v) is 9.32. The SMILES string of the molecule is CC[C@@]1(O)C(=O)OCc2c1cc1n(c2=O)Cc2c-1nc1cc(F)c(Cl)c3c1c2[C@H](C)CC3. The van der Waals surface area contributed by atoms with Gasteiger partial charge in [-0.15, -0.1) is 0 Å². The Morgan fingerprint density at radius 2 is 2.09 bits per heavy atom. The standard InChI is InChI=1S/C24H20ClFN2O4/c1-3-24(31)14-6-17-21-12(8-28(17)22(29)13(14)9-32-23(24)30)18-10(2)4-5-11-19(18)16(27-21)7-15(26)20(11)25/h6-7,10,31H,3-5,8-9H2,1-2H3/t10-,24+/m1/s1. The van der Waals surface area contributed by atoms with Gasteiger partial charge in [0.15, 0.2) is 5.60 Å². The minimum atomic E-state index is -1.88. The van der Waals surface area contributed by atoms with Gasteiger partial charge in [0.2, 0.25) is 0 Å². The second kappa shape index (κ2) is 6.39. The highest BCUT2D eigenvalue weighted by atomic mass is 35.5. The van der Waals surface area contributed by atoms with E-state index >= 15 is 0 Å². The van der Waals surface area contributed by atoms with E-state index in [9.17, 15) is 19.1 Å². The van der Waals surface area contributed by atoms with Gasteiger partial charge in [-0.3, -0.25) is 4.79 Å². The van der Waals surface area contributed by atoms with Crippen LogP contribution in [-0.4, -0.2) is 20.6 Å². The van der Waals surface area contributed by atoms with Crippen LogP contribution in [0.15, 0.2) is 16.9 Å². The van der Waals surface area contributed by atoms with Crippen molar-refractivity contribution in [1.29, 1.82) is 0 Å². The van der Waals surface area contributed by atoms with Crippen molar-refractivity contribution in [2.75, 3.05) is 0 Å². The minimum Gasteiger partial charge on any atom is -0.458 e. The zero-order chi connectivity index (χ0) is 22.5. The average molecular weight is 455 g/mol. The zero-order valence-corrected chi connectivity index (χ0v) is 18.3. The summed E-state index contributed by atoms with van der Waals surface area (Å²) in [5, 5.41) is 12.0. The first-order valence-electron chi connectivity index (χ1n) is 10.8. The van der Waals surface area contributed by atoms with E-state index in [1.54, 1.807) is 17.6 Å². The highest BCUT2D eigenvalue weighted by Gasteiger charge is 2.45. The fourth-order valence-corrected chi connectivity index (χ4v) is 5.83.